The number of nitrogens with zero attached hydrogens (tertiary/aromatic N) is 4. The lowest BCUT2D eigenvalue weighted by molar-refractivity contribution is -0.386. The Morgan fingerprint density at radius 2 is 1.81 bits per heavy atom. The van der Waals surface area contributed by atoms with Gasteiger partial charge in [-0.3, -0.25) is 10.1 Å². The van der Waals surface area contributed by atoms with Crippen LogP contribution in [0.3, 0.4) is 0 Å². The molecule has 0 saturated heterocycles. The Morgan fingerprint density at radius 3 is 2.41 bits per heavy atom. The summed E-state index contributed by atoms with van der Waals surface area (Å²) in [5.74, 6) is -1.03. The Kier molecular flexibility index (Phi) is 6.97. The van der Waals surface area contributed by atoms with Gasteiger partial charge in [0, 0.05) is 25.7 Å². The van der Waals surface area contributed by atoms with Gasteiger partial charge in [-0.05, 0) is 50.2 Å². The first kappa shape index (κ1) is 20.9. The lowest BCUT2D eigenvalue weighted by Gasteiger charge is -2.04. The van der Waals surface area contributed by atoms with Crippen molar-refractivity contribution in [2.45, 2.75) is 0 Å². The third-order valence-corrected chi connectivity index (χ3v) is 4.40. The molecule has 0 bridgehead atoms. The standard InChI is InChI=1S/C9H9BrFN3O2.C7H4BrFN2/c1-13(2)4-3-6-7(11)5-12-9(10)8(6)14(15)16;8-7-6-4(1-2-10-6)5(9)3-11-7/h3-5H,1-2H3;1-3,10H/b4-3+;. The summed E-state index contributed by atoms with van der Waals surface area (Å²) in [6.07, 6.45) is 6.67. The van der Waals surface area contributed by atoms with Gasteiger partial charge in [-0.1, -0.05) is 0 Å². The van der Waals surface area contributed by atoms with E-state index in [4.69, 9.17) is 0 Å². The molecule has 1 N–H and O–H groups in total. The van der Waals surface area contributed by atoms with E-state index in [-0.39, 0.29) is 21.7 Å². The Hall–Kier alpha value is -2.40. The molecule has 0 unspecified atom stereocenters. The number of H-pyrrole nitrogens is 1. The Balaban J connectivity index is 0.000000206. The Labute approximate surface area is 169 Å². The summed E-state index contributed by atoms with van der Waals surface area (Å²) < 4.78 is 26.9. The number of nitro groups is 1. The maximum Gasteiger partial charge on any atom is 0.312 e. The molecule has 142 valence electrons. The van der Waals surface area contributed by atoms with Gasteiger partial charge in [0.15, 0.2) is 16.2 Å². The predicted molar refractivity (Wildman–Crippen MR) is 105 cm³/mol. The summed E-state index contributed by atoms with van der Waals surface area (Å²) in [5, 5.41) is 11.3. The molecule has 0 amide bonds. The van der Waals surface area contributed by atoms with E-state index < -0.39 is 10.7 Å². The van der Waals surface area contributed by atoms with Crippen LogP contribution >= 0.6 is 31.9 Å². The third kappa shape index (κ3) is 5.07. The molecule has 0 fully saturated rings. The molecule has 0 aliphatic rings. The van der Waals surface area contributed by atoms with Crippen molar-refractivity contribution < 1.29 is 13.7 Å². The number of aromatic nitrogens is 3. The van der Waals surface area contributed by atoms with Crippen molar-refractivity contribution in [2.75, 3.05) is 14.1 Å². The number of halogens is 4. The number of fused-ring (bicyclic) bond motifs is 1. The second-order valence-corrected chi connectivity index (χ2v) is 6.86. The minimum absolute atomic E-state index is 0.0114. The summed E-state index contributed by atoms with van der Waals surface area (Å²) in [6, 6.07) is 1.68. The van der Waals surface area contributed by atoms with Gasteiger partial charge < -0.3 is 9.88 Å². The van der Waals surface area contributed by atoms with E-state index in [2.05, 4.69) is 46.8 Å². The molecule has 27 heavy (non-hydrogen) atoms. The first-order valence-electron chi connectivity index (χ1n) is 7.32. The van der Waals surface area contributed by atoms with E-state index in [1.165, 1.54) is 18.5 Å². The van der Waals surface area contributed by atoms with Crippen LogP contribution in [0.1, 0.15) is 5.56 Å². The van der Waals surface area contributed by atoms with Crippen LogP contribution in [0.4, 0.5) is 14.5 Å². The van der Waals surface area contributed by atoms with Gasteiger partial charge in [-0.15, -0.1) is 0 Å². The third-order valence-electron chi connectivity index (χ3n) is 3.22. The minimum Gasteiger partial charge on any atom is -0.383 e. The fourth-order valence-electron chi connectivity index (χ4n) is 2.01. The highest BCUT2D eigenvalue weighted by molar-refractivity contribution is 9.10. The fraction of sp³-hybridized carbons (Fsp3) is 0.125. The van der Waals surface area contributed by atoms with Crippen LogP contribution in [0.15, 0.2) is 40.1 Å². The lowest BCUT2D eigenvalue weighted by atomic mass is 10.2. The smallest absolute Gasteiger partial charge is 0.312 e. The van der Waals surface area contributed by atoms with Gasteiger partial charge in [-0.25, -0.2) is 18.7 Å². The molecule has 3 aromatic rings. The molecule has 0 saturated carbocycles. The van der Waals surface area contributed by atoms with Crippen molar-refractivity contribution in [3.8, 4) is 0 Å². The average molecular weight is 505 g/mol. The van der Waals surface area contributed by atoms with Gasteiger partial charge >= 0.3 is 5.69 Å². The van der Waals surface area contributed by atoms with Crippen molar-refractivity contribution in [1.29, 1.82) is 0 Å². The molecule has 0 radical (unpaired) electrons. The summed E-state index contributed by atoms with van der Waals surface area (Å²) >= 11 is 6.12. The van der Waals surface area contributed by atoms with Gasteiger partial charge in [0.25, 0.3) is 0 Å². The molecule has 0 aliphatic heterocycles. The number of rotatable bonds is 3. The van der Waals surface area contributed by atoms with Crippen molar-refractivity contribution in [3.05, 3.63) is 67.4 Å². The highest BCUT2D eigenvalue weighted by atomic mass is 79.9. The summed E-state index contributed by atoms with van der Waals surface area (Å²) in [4.78, 5) is 21.9. The second-order valence-electron chi connectivity index (χ2n) is 5.36. The zero-order chi connectivity index (χ0) is 20.1. The number of hydrogen-bond acceptors (Lipinski definition) is 5. The largest absolute Gasteiger partial charge is 0.383 e. The molecule has 0 aromatic carbocycles. The number of hydrogen-bond donors (Lipinski definition) is 1. The Morgan fingerprint density at radius 1 is 1.19 bits per heavy atom. The van der Waals surface area contributed by atoms with E-state index in [9.17, 15) is 18.9 Å². The molecule has 3 heterocycles. The summed E-state index contributed by atoms with van der Waals surface area (Å²) in [6.45, 7) is 0. The molecule has 7 nitrogen and oxygen atoms in total. The van der Waals surface area contributed by atoms with Gasteiger partial charge in [0.1, 0.15) is 4.60 Å². The molecular weight excluding hydrogens is 492 g/mol. The number of nitrogens with one attached hydrogen (secondary N) is 1. The van der Waals surface area contributed by atoms with E-state index in [1.54, 1.807) is 31.3 Å². The zero-order valence-corrected chi connectivity index (χ0v) is 17.3. The lowest BCUT2D eigenvalue weighted by Crippen LogP contribution is -2.02. The van der Waals surface area contributed by atoms with E-state index in [1.807, 2.05) is 0 Å². The van der Waals surface area contributed by atoms with Crippen LogP contribution < -0.4 is 0 Å². The van der Waals surface area contributed by atoms with Gasteiger partial charge in [0.05, 0.1) is 28.4 Å². The minimum atomic E-state index is -0.729. The van der Waals surface area contributed by atoms with Crippen molar-refractivity contribution in [2.24, 2.45) is 0 Å². The molecule has 0 atom stereocenters. The highest BCUT2D eigenvalue weighted by Gasteiger charge is 2.21. The molecule has 3 rings (SSSR count). The van der Waals surface area contributed by atoms with Gasteiger partial charge in [-0.2, -0.15) is 0 Å². The average Bonchev–Trinajstić information content (AvgIpc) is 3.10. The van der Waals surface area contributed by atoms with Crippen LogP contribution in [0.5, 0.6) is 0 Å². The maximum atomic E-state index is 13.4. The predicted octanol–water partition coefficient (Wildman–Crippen LogP) is 4.89. The molecule has 0 spiro atoms. The Bertz CT molecular complexity index is 972. The topological polar surface area (TPSA) is 87.9 Å². The first-order chi connectivity index (χ1) is 12.7. The highest BCUT2D eigenvalue weighted by Crippen LogP contribution is 2.29. The van der Waals surface area contributed by atoms with E-state index in [0.717, 1.165) is 6.20 Å². The van der Waals surface area contributed by atoms with Crippen LogP contribution in [0.2, 0.25) is 0 Å². The monoisotopic (exact) mass is 503 g/mol. The van der Waals surface area contributed by atoms with Crippen molar-refractivity contribution >= 4 is 54.5 Å². The fourth-order valence-corrected chi connectivity index (χ4v) is 2.90. The summed E-state index contributed by atoms with van der Waals surface area (Å²) in [5.41, 5.74) is 0.226. The van der Waals surface area contributed by atoms with Crippen LogP contribution in [-0.2, 0) is 0 Å². The van der Waals surface area contributed by atoms with Gasteiger partial charge in [0.2, 0.25) is 0 Å². The van der Waals surface area contributed by atoms with Crippen molar-refractivity contribution in [3.63, 3.8) is 0 Å². The van der Waals surface area contributed by atoms with E-state index >= 15 is 0 Å². The van der Waals surface area contributed by atoms with Crippen LogP contribution in [-0.4, -0.2) is 38.9 Å². The quantitative estimate of drug-likeness (QED) is 0.311. The van der Waals surface area contributed by atoms with Crippen LogP contribution in [0, 0.1) is 21.7 Å². The molecular formula is C16H13Br2F2N5O2. The molecule has 3 aromatic heterocycles. The first-order valence-corrected chi connectivity index (χ1v) is 8.91. The summed E-state index contributed by atoms with van der Waals surface area (Å²) in [7, 11) is 3.47. The normalized spacial score (nSPS) is 10.7. The van der Waals surface area contributed by atoms with E-state index in [0.29, 0.717) is 15.5 Å². The molecule has 0 aliphatic carbocycles. The van der Waals surface area contributed by atoms with Crippen molar-refractivity contribution in [1.82, 2.24) is 19.9 Å². The SMILES string of the molecule is CN(C)/C=C/c1c(F)cnc(Br)c1[N+](=O)[O-].Fc1cnc(Br)c2[nH]ccc12. The number of aromatic amines is 1. The second kappa shape index (κ2) is 9.00. The number of pyridine rings is 2. The zero-order valence-electron chi connectivity index (χ0n) is 14.1. The molecule has 11 heteroatoms. The van der Waals surface area contributed by atoms with Crippen LogP contribution in [0.25, 0.3) is 17.0 Å². The maximum absolute atomic E-state index is 13.4.